The van der Waals surface area contributed by atoms with E-state index in [0.717, 1.165) is 54.2 Å². The second-order valence-electron chi connectivity index (χ2n) is 7.70. The van der Waals surface area contributed by atoms with Crippen molar-refractivity contribution in [2.75, 3.05) is 52.2 Å². The lowest BCUT2D eigenvalue weighted by molar-refractivity contribution is -0.133. The predicted octanol–water partition coefficient (Wildman–Crippen LogP) is 2.67. The van der Waals surface area contributed by atoms with Gasteiger partial charge in [0.05, 0.1) is 12.1 Å². The van der Waals surface area contributed by atoms with Crippen LogP contribution >= 0.6 is 0 Å². The molecule has 1 saturated heterocycles. The molecule has 0 unspecified atom stereocenters. The summed E-state index contributed by atoms with van der Waals surface area (Å²) < 4.78 is 5.91. The molecular weight excluding hydrogens is 392 g/mol. The zero-order valence-electron chi connectivity index (χ0n) is 18.0. The lowest BCUT2D eigenvalue weighted by atomic mass is 10.2. The van der Waals surface area contributed by atoms with E-state index in [2.05, 4.69) is 32.2 Å². The van der Waals surface area contributed by atoms with Crippen molar-refractivity contribution in [1.82, 2.24) is 24.8 Å². The van der Waals surface area contributed by atoms with Gasteiger partial charge in [-0.2, -0.15) is 0 Å². The fourth-order valence-corrected chi connectivity index (χ4v) is 3.64. The number of ether oxygens (including phenoxy) is 1. The van der Waals surface area contributed by atoms with Crippen molar-refractivity contribution in [1.29, 1.82) is 0 Å². The predicted molar refractivity (Wildman–Crippen MR) is 121 cm³/mol. The standard InChI is InChI=1S/C23H28N6O2/c1-24-23-19-15-18(31-14-4-6-21(30)29-12-10-28(2)11-13-29)7-8-20(19)26-22(27-23)17-5-3-9-25-16-17/h3,5,7-9,15-16H,4,6,10-14H2,1-2H3,(H,24,26,27). The molecular formula is C23H28N6O2. The molecule has 4 rings (SSSR count). The molecule has 2 aromatic heterocycles. The van der Waals surface area contributed by atoms with Gasteiger partial charge in [0.15, 0.2) is 5.82 Å². The highest BCUT2D eigenvalue weighted by Gasteiger charge is 2.18. The van der Waals surface area contributed by atoms with Crippen molar-refractivity contribution < 1.29 is 9.53 Å². The number of hydrogen-bond donors (Lipinski definition) is 1. The Hall–Kier alpha value is -3.26. The molecule has 0 atom stereocenters. The van der Waals surface area contributed by atoms with Crippen molar-refractivity contribution in [2.24, 2.45) is 0 Å². The van der Waals surface area contributed by atoms with Gasteiger partial charge in [-0.05, 0) is 43.8 Å². The molecule has 3 aromatic rings. The van der Waals surface area contributed by atoms with Crippen LogP contribution in [0.5, 0.6) is 5.75 Å². The van der Waals surface area contributed by atoms with Gasteiger partial charge in [0, 0.05) is 63.0 Å². The average molecular weight is 421 g/mol. The molecule has 8 heteroatoms. The van der Waals surface area contributed by atoms with Crippen LogP contribution < -0.4 is 10.1 Å². The number of hydrogen-bond acceptors (Lipinski definition) is 7. The van der Waals surface area contributed by atoms with E-state index in [-0.39, 0.29) is 5.91 Å². The topological polar surface area (TPSA) is 83.5 Å². The van der Waals surface area contributed by atoms with E-state index in [0.29, 0.717) is 25.3 Å². The summed E-state index contributed by atoms with van der Waals surface area (Å²) in [6.07, 6.45) is 4.68. The summed E-state index contributed by atoms with van der Waals surface area (Å²) in [5.41, 5.74) is 1.70. The summed E-state index contributed by atoms with van der Waals surface area (Å²) >= 11 is 0. The summed E-state index contributed by atoms with van der Waals surface area (Å²) in [6.45, 7) is 4.01. The number of likely N-dealkylation sites (N-methyl/N-ethyl adjacent to an activating group) is 1. The monoisotopic (exact) mass is 420 g/mol. The van der Waals surface area contributed by atoms with Crippen LogP contribution in [0.1, 0.15) is 12.8 Å². The maximum Gasteiger partial charge on any atom is 0.222 e. The quantitative estimate of drug-likeness (QED) is 0.588. The average Bonchev–Trinajstić information content (AvgIpc) is 2.82. The third kappa shape index (κ3) is 5.08. The van der Waals surface area contributed by atoms with Crippen LogP contribution in [0.4, 0.5) is 5.82 Å². The number of nitrogens with one attached hydrogen (secondary N) is 1. The second kappa shape index (κ2) is 9.70. The van der Waals surface area contributed by atoms with Crippen molar-refractivity contribution in [3.63, 3.8) is 0 Å². The smallest absolute Gasteiger partial charge is 0.222 e. The molecule has 1 aliphatic heterocycles. The number of carbonyl (C=O) groups excluding carboxylic acids is 1. The highest BCUT2D eigenvalue weighted by molar-refractivity contribution is 5.91. The van der Waals surface area contributed by atoms with Crippen LogP contribution in [0.2, 0.25) is 0 Å². The molecule has 162 valence electrons. The van der Waals surface area contributed by atoms with Crippen LogP contribution in [-0.4, -0.2) is 77.5 Å². The molecule has 0 bridgehead atoms. The summed E-state index contributed by atoms with van der Waals surface area (Å²) in [4.78, 5) is 30.0. The van der Waals surface area contributed by atoms with Gasteiger partial charge in [-0.1, -0.05) is 0 Å². The molecule has 1 aromatic carbocycles. The Kier molecular flexibility index (Phi) is 6.57. The van der Waals surface area contributed by atoms with Crippen LogP contribution in [0.15, 0.2) is 42.7 Å². The molecule has 31 heavy (non-hydrogen) atoms. The minimum absolute atomic E-state index is 0.212. The summed E-state index contributed by atoms with van der Waals surface area (Å²) in [6, 6.07) is 9.59. The van der Waals surface area contributed by atoms with E-state index >= 15 is 0 Å². The molecule has 8 nitrogen and oxygen atoms in total. The molecule has 0 radical (unpaired) electrons. The third-order valence-corrected chi connectivity index (χ3v) is 5.48. The molecule has 1 N–H and O–H groups in total. The molecule has 0 spiro atoms. The number of rotatable bonds is 7. The fourth-order valence-electron chi connectivity index (χ4n) is 3.64. The first-order valence-electron chi connectivity index (χ1n) is 10.6. The highest BCUT2D eigenvalue weighted by atomic mass is 16.5. The first-order valence-corrected chi connectivity index (χ1v) is 10.6. The second-order valence-corrected chi connectivity index (χ2v) is 7.70. The molecule has 1 fully saturated rings. The highest BCUT2D eigenvalue weighted by Crippen LogP contribution is 2.28. The molecule has 3 heterocycles. The van der Waals surface area contributed by atoms with Gasteiger partial charge in [-0.25, -0.2) is 9.97 Å². The van der Waals surface area contributed by atoms with E-state index < -0.39 is 0 Å². The summed E-state index contributed by atoms with van der Waals surface area (Å²) in [5, 5.41) is 4.04. The van der Waals surface area contributed by atoms with Crippen molar-refractivity contribution in [3.8, 4) is 17.1 Å². The normalized spacial score (nSPS) is 14.6. The van der Waals surface area contributed by atoms with Crippen LogP contribution in [-0.2, 0) is 4.79 Å². The number of aromatic nitrogens is 3. The van der Waals surface area contributed by atoms with E-state index in [4.69, 9.17) is 4.74 Å². The number of fused-ring (bicyclic) bond motifs is 1. The number of nitrogens with zero attached hydrogens (tertiary/aromatic N) is 5. The summed E-state index contributed by atoms with van der Waals surface area (Å²) in [5.74, 6) is 2.32. The zero-order valence-corrected chi connectivity index (χ0v) is 18.0. The van der Waals surface area contributed by atoms with E-state index in [1.54, 1.807) is 12.4 Å². The Bertz CT molecular complexity index is 1030. The van der Waals surface area contributed by atoms with E-state index in [1.807, 2.05) is 42.3 Å². The first-order chi connectivity index (χ1) is 15.1. The van der Waals surface area contributed by atoms with E-state index in [9.17, 15) is 4.79 Å². The third-order valence-electron chi connectivity index (χ3n) is 5.48. The largest absolute Gasteiger partial charge is 0.494 e. The molecule has 0 aliphatic carbocycles. The van der Waals surface area contributed by atoms with Gasteiger partial charge in [0.1, 0.15) is 11.6 Å². The fraction of sp³-hybridized carbons (Fsp3) is 0.391. The Morgan fingerprint density at radius 1 is 1.16 bits per heavy atom. The number of pyridine rings is 1. The van der Waals surface area contributed by atoms with Gasteiger partial charge < -0.3 is 19.9 Å². The molecule has 0 saturated carbocycles. The maximum atomic E-state index is 12.3. The van der Waals surface area contributed by atoms with Crippen molar-refractivity contribution in [3.05, 3.63) is 42.7 Å². The Morgan fingerprint density at radius 2 is 2.00 bits per heavy atom. The minimum Gasteiger partial charge on any atom is -0.494 e. The summed E-state index contributed by atoms with van der Waals surface area (Å²) in [7, 11) is 3.93. The van der Waals surface area contributed by atoms with Gasteiger partial charge in [-0.3, -0.25) is 9.78 Å². The molecule has 1 aliphatic rings. The van der Waals surface area contributed by atoms with Gasteiger partial charge in [-0.15, -0.1) is 0 Å². The Balaban J connectivity index is 1.38. The van der Waals surface area contributed by atoms with Crippen molar-refractivity contribution in [2.45, 2.75) is 12.8 Å². The van der Waals surface area contributed by atoms with Crippen LogP contribution in [0.25, 0.3) is 22.3 Å². The SMILES string of the molecule is CNc1nc(-c2cccnc2)nc2ccc(OCCCC(=O)N3CCN(C)CC3)cc12. The number of piperazine rings is 1. The Morgan fingerprint density at radius 3 is 2.74 bits per heavy atom. The number of benzene rings is 1. The zero-order chi connectivity index (χ0) is 21.6. The van der Waals surface area contributed by atoms with Gasteiger partial charge in [0.2, 0.25) is 5.91 Å². The maximum absolute atomic E-state index is 12.3. The van der Waals surface area contributed by atoms with Crippen LogP contribution in [0.3, 0.4) is 0 Å². The number of amides is 1. The lowest BCUT2D eigenvalue weighted by Crippen LogP contribution is -2.47. The van der Waals surface area contributed by atoms with Gasteiger partial charge >= 0.3 is 0 Å². The van der Waals surface area contributed by atoms with E-state index in [1.165, 1.54) is 0 Å². The molecule has 1 amide bonds. The lowest BCUT2D eigenvalue weighted by Gasteiger charge is -2.32. The first kappa shape index (κ1) is 21.0. The number of anilines is 1. The number of carbonyl (C=O) groups is 1. The van der Waals surface area contributed by atoms with Crippen LogP contribution in [0, 0.1) is 0 Å². The Labute approximate surface area is 182 Å². The minimum atomic E-state index is 0.212. The van der Waals surface area contributed by atoms with Gasteiger partial charge in [0.25, 0.3) is 0 Å². The van der Waals surface area contributed by atoms with Crippen molar-refractivity contribution >= 4 is 22.6 Å².